The average molecular weight is 514 g/mol. The highest BCUT2D eigenvalue weighted by Crippen LogP contribution is 2.46. The van der Waals surface area contributed by atoms with Gasteiger partial charge in [0.2, 0.25) is 0 Å². The van der Waals surface area contributed by atoms with Crippen molar-refractivity contribution in [3.05, 3.63) is 140 Å². The third-order valence-corrected chi connectivity index (χ3v) is 8.85. The summed E-state index contributed by atoms with van der Waals surface area (Å²) in [6.45, 7) is 0. The molecule has 182 valence electrons. The standard InChI is InChI=1S/C37H23NS/c1-3-9-24(10-4-1)30-19-21-33-36(34(30)25-11-5-2-6-12-25)31-23-28(18-20-32(31)39-33)29-15-7-13-26-16-17-27-14-8-22-38-37(27)35(26)29/h1-23H. The van der Waals surface area contributed by atoms with E-state index in [0.717, 1.165) is 5.52 Å². The third kappa shape index (κ3) is 3.57. The lowest BCUT2D eigenvalue weighted by Crippen LogP contribution is -1.88. The van der Waals surface area contributed by atoms with E-state index in [1.807, 2.05) is 23.6 Å². The van der Waals surface area contributed by atoms with Gasteiger partial charge in [0.25, 0.3) is 0 Å². The zero-order valence-corrected chi connectivity index (χ0v) is 22.0. The van der Waals surface area contributed by atoms with Crippen molar-refractivity contribution in [3.8, 4) is 33.4 Å². The monoisotopic (exact) mass is 513 g/mol. The predicted octanol–water partition coefficient (Wildman–Crippen LogP) is 10.8. The number of rotatable bonds is 3. The van der Waals surface area contributed by atoms with Crippen molar-refractivity contribution in [3.63, 3.8) is 0 Å². The fourth-order valence-electron chi connectivity index (χ4n) is 5.95. The molecule has 0 aliphatic rings. The van der Waals surface area contributed by atoms with Crippen LogP contribution in [0.15, 0.2) is 140 Å². The van der Waals surface area contributed by atoms with Gasteiger partial charge < -0.3 is 0 Å². The number of nitrogens with zero attached hydrogens (tertiary/aromatic N) is 1. The maximum atomic E-state index is 4.80. The van der Waals surface area contributed by atoms with E-state index in [2.05, 4.69) is 127 Å². The minimum atomic E-state index is 1.05. The van der Waals surface area contributed by atoms with Gasteiger partial charge in [0.05, 0.1) is 5.52 Å². The Bertz CT molecular complexity index is 2160. The van der Waals surface area contributed by atoms with E-state index in [4.69, 9.17) is 4.98 Å². The number of aromatic nitrogens is 1. The summed E-state index contributed by atoms with van der Waals surface area (Å²) in [6.07, 6.45) is 1.89. The maximum absolute atomic E-state index is 4.80. The highest BCUT2D eigenvalue weighted by molar-refractivity contribution is 7.26. The number of thiophene rings is 1. The molecule has 2 heterocycles. The molecule has 0 amide bonds. The summed E-state index contributed by atoms with van der Waals surface area (Å²) in [6, 6.07) is 48.2. The molecule has 0 saturated carbocycles. The van der Waals surface area contributed by atoms with Crippen LogP contribution in [0.3, 0.4) is 0 Å². The quantitative estimate of drug-likeness (QED) is 0.214. The van der Waals surface area contributed by atoms with Crippen molar-refractivity contribution in [2.24, 2.45) is 0 Å². The highest BCUT2D eigenvalue weighted by Gasteiger charge is 2.17. The van der Waals surface area contributed by atoms with Crippen molar-refractivity contribution >= 4 is 53.2 Å². The van der Waals surface area contributed by atoms with Gasteiger partial charge in [-0.25, -0.2) is 0 Å². The topological polar surface area (TPSA) is 12.9 Å². The summed E-state index contributed by atoms with van der Waals surface area (Å²) < 4.78 is 2.62. The average Bonchev–Trinajstić information content (AvgIpc) is 3.39. The molecule has 0 atom stereocenters. The van der Waals surface area contributed by atoms with Crippen LogP contribution >= 0.6 is 11.3 Å². The molecule has 39 heavy (non-hydrogen) atoms. The number of benzene rings is 6. The molecule has 0 bridgehead atoms. The Morgan fingerprint density at radius 2 is 1.21 bits per heavy atom. The van der Waals surface area contributed by atoms with Crippen molar-refractivity contribution in [2.75, 3.05) is 0 Å². The number of hydrogen-bond acceptors (Lipinski definition) is 2. The van der Waals surface area contributed by atoms with Gasteiger partial charge in [-0.05, 0) is 63.0 Å². The molecule has 8 rings (SSSR count). The molecule has 8 aromatic rings. The summed E-state index contributed by atoms with van der Waals surface area (Å²) in [5, 5.41) is 6.22. The van der Waals surface area contributed by atoms with E-state index in [-0.39, 0.29) is 0 Å². The largest absolute Gasteiger partial charge is 0.256 e. The second-order valence-corrected chi connectivity index (χ2v) is 11.0. The lowest BCUT2D eigenvalue weighted by molar-refractivity contribution is 1.43. The van der Waals surface area contributed by atoms with E-state index in [0.29, 0.717) is 0 Å². The lowest BCUT2D eigenvalue weighted by Gasteiger charge is -2.13. The molecule has 0 spiro atoms. The minimum Gasteiger partial charge on any atom is -0.256 e. The van der Waals surface area contributed by atoms with Crippen LogP contribution in [0.2, 0.25) is 0 Å². The van der Waals surface area contributed by atoms with Crippen molar-refractivity contribution < 1.29 is 0 Å². The number of fused-ring (bicyclic) bond motifs is 6. The van der Waals surface area contributed by atoms with Crippen molar-refractivity contribution in [1.82, 2.24) is 4.98 Å². The van der Waals surface area contributed by atoms with Crippen molar-refractivity contribution in [1.29, 1.82) is 0 Å². The fourth-order valence-corrected chi connectivity index (χ4v) is 7.05. The molecule has 0 aliphatic carbocycles. The first kappa shape index (κ1) is 22.2. The third-order valence-electron chi connectivity index (χ3n) is 7.71. The Balaban J connectivity index is 1.46. The molecule has 0 aliphatic heterocycles. The molecule has 0 saturated heterocycles. The molecule has 0 N–H and O–H groups in total. The zero-order chi connectivity index (χ0) is 25.8. The van der Waals surface area contributed by atoms with Crippen LogP contribution < -0.4 is 0 Å². The smallest absolute Gasteiger partial charge is 0.0786 e. The van der Waals surface area contributed by atoms with E-state index in [1.165, 1.54) is 69.7 Å². The van der Waals surface area contributed by atoms with Gasteiger partial charge in [-0.3, -0.25) is 4.98 Å². The van der Waals surface area contributed by atoms with Gasteiger partial charge in [0, 0.05) is 37.1 Å². The molecular weight excluding hydrogens is 490 g/mol. The van der Waals surface area contributed by atoms with Crippen molar-refractivity contribution in [2.45, 2.75) is 0 Å². The number of pyridine rings is 1. The molecule has 6 aromatic carbocycles. The van der Waals surface area contributed by atoms with Gasteiger partial charge in [-0.1, -0.05) is 109 Å². The zero-order valence-electron chi connectivity index (χ0n) is 21.1. The van der Waals surface area contributed by atoms with Crippen LogP contribution in [0, 0.1) is 0 Å². The Morgan fingerprint density at radius 1 is 0.462 bits per heavy atom. The molecular formula is C37H23NS. The fraction of sp³-hybridized carbons (Fsp3) is 0. The Labute approximate surface area is 230 Å². The van der Waals surface area contributed by atoms with Gasteiger partial charge >= 0.3 is 0 Å². The van der Waals surface area contributed by atoms with Crippen LogP contribution in [0.5, 0.6) is 0 Å². The first-order valence-corrected chi connectivity index (χ1v) is 14.0. The molecule has 1 nitrogen and oxygen atoms in total. The summed E-state index contributed by atoms with van der Waals surface area (Å²) in [7, 11) is 0. The molecule has 2 heteroatoms. The van der Waals surface area contributed by atoms with Crippen LogP contribution in [0.4, 0.5) is 0 Å². The Kier molecular flexibility index (Phi) is 5.07. The van der Waals surface area contributed by atoms with E-state index >= 15 is 0 Å². The van der Waals surface area contributed by atoms with Gasteiger partial charge in [0.1, 0.15) is 0 Å². The first-order chi connectivity index (χ1) is 19.3. The molecule has 0 unspecified atom stereocenters. The summed E-state index contributed by atoms with van der Waals surface area (Å²) in [4.78, 5) is 4.80. The molecule has 0 fully saturated rings. The van der Waals surface area contributed by atoms with Crippen LogP contribution in [-0.4, -0.2) is 4.98 Å². The van der Waals surface area contributed by atoms with Crippen LogP contribution in [0.25, 0.3) is 75.2 Å². The normalized spacial score (nSPS) is 11.6. The summed E-state index contributed by atoms with van der Waals surface area (Å²) in [5.41, 5.74) is 8.53. The van der Waals surface area contributed by atoms with Gasteiger partial charge in [0.15, 0.2) is 0 Å². The van der Waals surface area contributed by atoms with Gasteiger partial charge in [-0.15, -0.1) is 11.3 Å². The first-order valence-electron chi connectivity index (χ1n) is 13.2. The maximum Gasteiger partial charge on any atom is 0.0786 e. The van der Waals surface area contributed by atoms with Crippen LogP contribution in [0.1, 0.15) is 0 Å². The van der Waals surface area contributed by atoms with Gasteiger partial charge in [-0.2, -0.15) is 0 Å². The molecule has 0 radical (unpaired) electrons. The molecule has 2 aromatic heterocycles. The second-order valence-electron chi connectivity index (χ2n) is 9.95. The second kappa shape index (κ2) is 8.90. The summed E-state index contributed by atoms with van der Waals surface area (Å²) >= 11 is 1.87. The SMILES string of the molecule is c1ccc(-c2ccc3sc4ccc(-c5cccc6ccc7cccnc7c56)cc4c3c2-c2ccccc2)cc1. The predicted molar refractivity (Wildman–Crippen MR) is 168 cm³/mol. The number of hydrogen-bond donors (Lipinski definition) is 0. The minimum absolute atomic E-state index is 1.05. The highest BCUT2D eigenvalue weighted by atomic mass is 32.1. The Morgan fingerprint density at radius 3 is 2.05 bits per heavy atom. The Hall–Kier alpha value is -4.79. The van der Waals surface area contributed by atoms with Crippen LogP contribution in [-0.2, 0) is 0 Å². The van der Waals surface area contributed by atoms with E-state index in [1.54, 1.807) is 0 Å². The van der Waals surface area contributed by atoms with E-state index < -0.39 is 0 Å². The van der Waals surface area contributed by atoms with E-state index in [9.17, 15) is 0 Å². The summed E-state index contributed by atoms with van der Waals surface area (Å²) in [5.74, 6) is 0. The lowest BCUT2D eigenvalue weighted by atomic mass is 9.90.